The van der Waals surface area contributed by atoms with Crippen molar-refractivity contribution in [3.63, 3.8) is 0 Å². The number of amides is 1. The number of rotatable bonds is 4. The van der Waals surface area contributed by atoms with Crippen LogP contribution in [0.15, 0.2) is 39.9 Å². The molecule has 0 unspecified atom stereocenters. The second-order valence-electron chi connectivity index (χ2n) is 6.33. The molecule has 3 aromatic rings. The molecule has 1 aliphatic rings. The van der Waals surface area contributed by atoms with Gasteiger partial charge in [-0.1, -0.05) is 17.4 Å². The largest absolute Gasteiger partial charge is 0.336 e. The van der Waals surface area contributed by atoms with Gasteiger partial charge in [-0.25, -0.2) is 13.4 Å². The molecule has 0 aliphatic carbocycles. The van der Waals surface area contributed by atoms with E-state index in [9.17, 15) is 13.2 Å². The zero-order valence-corrected chi connectivity index (χ0v) is 17.0. The normalized spacial score (nSPS) is 16.0. The molecule has 0 atom stereocenters. The monoisotopic (exact) mass is 422 g/mol. The van der Waals surface area contributed by atoms with Gasteiger partial charge in [-0.15, -0.1) is 11.3 Å². The van der Waals surface area contributed by atoms with Crippen LogP contribution < -0.4 is 4.72 Å². The van der Waals surface area contributed by atoms with Crippen LogP contribution in [0.25, 0.3) is 10.2 Å². The number of hydrogen-bond acceptors (Lipinski definition) is 7. The summed E-state index contributed by atoms with van der Waals surface area (Å²) in [5, 5.41) is 2.01. The SMILES string of the molecule is CN1CCN(C(=O)c2ccc3nc(NS(=O)(=O)c4cccs4)sc3c2)CC1. The predicted octanol–water partition coefficient (Wildman–Crippen LogP) is 2.55. The fourth-order valence-electron chi connectivity index (χ4n) is 2.88. The molecule has 1 aliphatic heterocycles. The number of nitrogens with zero attached hydrogens (tertiary/aromatic N) is 3. The molecule has 0 bridgehead atoms. The molecule has 0 radical (unpaired) electrons. The Hall–Kier alpha value is -2.01. The van der Waals surface area contributed by atoms with E-state index in [0.717, 1.165) is 29.1 Å². The average molecular weight is 423 g/mol. The van der Waals surface area contributed by atoms with Crippen molar-refractivity contribution in [2.45, 2.75) is 4.21 Å². The van der Waals surface area contributed by atoms with Crippen molar-refractivity contribution in [3.05, 3.63) is 41.3 Å². The molecule has 0 saturated carbocycles. The highest BCUT2D eigenvalue weighted by Crippen LogP contribution is 2.29. The average Bonchev–Trinajstić information content (AvgIpc) is 3.30. The molecule has 1 aromatic carbocycles. The minimum atomic E-state index is -3.63. The lowest BCUT2D eigenvalue weighted by Crippen LogP contribution is -2.47. The summed E-state index contributed by atoms with van der Waals surface area (Å²) in [5.74, 6) is -0.000818. The third-order valence-corrected chi connectivity index (χ3v) is 8.21. The maximum Gasteiger partial charge on any atom is 0.273 e. The Bertz CT molecular complexity index is 1070. The summed E-state index contributed by atoms with van der Waals surface area (Å²) in [5.41, 5.74) is 1.27. The van der Waals surface area contributed by atoms with Crippen LogP contribution >= 0.6 is 22.7 Å². The maximum absolute atomic E-state index is 12.7. The van der Waals surface area contributed by atoms with Gasteiger partial charge in [0.15, 0.2) is 5.13 Å². The third kappa shape index (κ3) is 3.84. The van der Waals surface area contributed by atoms with Crippen LogP contribution in [0.2, 0.25) is 0 Å². The molecule has 1 fully saturated rings. The van der Waals surface area contributed by atoms with E-state index in [-0.39, 0.29) is 10.1 Å². The topological polar surface area (TPSA) is 82.6 Å². The Kier molecular flexibility index (Phi) is 4.89. The number of hydrogen-bond donors (Lipinski definition) is 1. The summed E-state index contributed by atoms with van der Waals surface area (Å²) in [6, 6.07) is 8.54. The molecule has 7 nitrogen and oxygen atoms in total. The van der Waals surface area contributed by atoms with Gasteiger partial charge in [-0.2, -0.15) is 0 Å². The highest BCUT2D eigenvalue weighted by Gasteiger charge is 2.22. The smallest absolute Gasteiger partial charge is 0.273 e. The van der Waals surface area contributed by atoms with E-state index in [2.05, 4.69) is 14.6 Å². The number of likely N-dealkylation sites (N-methyl/N-ethyl adjacent to an activating group) is 1. The standard InChI is InChI=1S/C17H18N4O3S3/c1-20-6-8-21(9-7-20)16(22)12-4-5-13-14(11-12)26-17(18-13)19-27(23,24)15-3-2-10-25-15/h2-5,10-11H,6-9H2,1H3,(H,18,19). The van der Waals surface area contributed by atoms with E-state index in [4.69, 9.17) is 0 Å². The number of fused-ring (bicyclic) bond motifs is 1. The van der Waals surface area contributed by atoms with Crippen molar-refractivity contribution in [3.8, 4) is 0 Å². The van der Waals surface area contributed by atoms with Crippen molar-refractivity contribution in [2.24, 2.45) is 0 Å². The fourth-order valence-corrected chi connectivity index (χ4v) is 6.01. The van der Waals surface area contributed by atoms with Crippen LogP contribution in [0.3, 0.4) is 0 Å². The fraction of sp³-hybridized carbons (Fsp3) is 0.294. The van der Waals surface area contributed by atoms with Crippen molar-refractivity contribution < 1.29 is 13.2 Å². The summed E-state index contributed by atoms with van der Waals surface area (Å²) < 4.78 is 28.2. The number of thiophene rings is 1. The van der Waals surface area contributed by atoms with Gasteiger partial charge in [0, 0.05) is 31.7 Å². The first-order valence-corrected chi connectivity index (χ1v) is 11.5. The summed E-state index contributed by atoms with van der Waals surface area (Å²) in [4.78, 5) is 21.1. The predicted molar refractivity (Wildman–Crippen MR) is 108 cm³/mol. The molecule has 1 N–H and O–H groups in total. The van der Waals surface area contributed by atoms with E-state index in [1.54, 1.807) is 35.7 Å². The van der Waals surface area contributed by atoms with Gasteiger partial charge in [0.2, 0.25) is 0 Å². The zero-order chi connectivity index (χ0) is 19.0. The van der Waals surface area contributed by atoms with Gasteiger partial charge in [0.05, 0.1) is 10.2 Å². The number of carbonyl (C=O) groups is 1. The molecule has 27 heavy (non-hydrogen) atoms. The van der Waals surface area contributed by atoms with E-state index >= 15 is 0 Å². The van der Waals surface area contributed by atoms with Crippen molar-refractivity contribution in [2.75, 3.05) is 37.9 Å². The number of anilines is 1. The maximum atomic E-state index is 12.7. The van der Waals surface area contributed by atoms with Crippen LogP contribution in [0.1, 0.15) is 10.4 Å². The lowest BCUT2D eigenvalue weighted by atomic mass is 10.1. The summed E-state index contributed by atoms with van der Waals surface area (Å²) in [6.45, 7) is 3.15. The molecule has 1 amide bonds. The Morgan fingerprint density at radius 3 is 2.67 bits per heavy atom. The minimum Gasteiger partial charge on any atom is -0.336 e. The molecular weight excluding hydrogens is 404 g/mol. The van der Waals surface area contributed by atoms with Crippen LogP contribution in [0.4, 0.5) is 5.13 Å². The first-order chi connectivity index (χ1) is 12.9. The Labute approximate surface area is 165 Å². The van der Waals surface area contributed by atoms with Gasteiger partial charge in [-0.3, -0.25) is 9.52 Å². The third-order valence-electron chi connectivity index (χ3n) is 4.41. The van der Waals surface area contributed by atoms with E-state index in [1.165, 1.54) is 11.3 Å². The highest BCUT2D eigenvalue weighted by molar-refractivity contribution is 7.94. The van der Waals surface area contributed by atoms with Gasteiger partial charge in [0.1, 0.15) is 4.21 Å². The first kappa shape index (κ1) is 18.4. The first-order valence-electron chi connectivity index (χ1n) is 8.37. The molecule has 2 aromatic heterocycles. The van der Waals surface area contributed by atoms with Gasteiger partial charge in [-0.05, 0) is 36.7 Å². The minimum absolute atomic E-state index is 0.000818. The number of thiazole rings is 1. The summed E-state index contributed by atoms with van der Waals surface area (Å²) in [6.07, 6.45) is 0. The number of aromatic nitrogens is 1. The van der Waals surface area contributed by atoms with Crippen LogP contribution in [0, 0.1) is 0 Å². The number of sulfonamides is 1. The second kappa shape index (κ2) is 7.19. The number of nitrogens with one attached hydrogen (secondary N) is 1. The second-order valence-corrected chi connectivity index (χ2v) is 10.2. The van der Waals surface area contributed by atoms with Crippen molar-refractivity contribution in [1.29, 1.82) is 0 Å². The highest BCUT2D eigenvalue weighted by atomic mass is 32.2. The van der Waals surface area contributed by atoms with Crippen LogP contribution in [0.5, 0.6) is 0 Å². The van der Waals surface area contributed by atoms with Crippen molar-refractivity contribution in [1.82, 2.24) is 14.8 Å². The molecule has 10 heteroatoms. The molecular formula is C17H18N4O3S3. The lowest BCUT2D eigenvalue weighted by Gasteiger charge is -2.32. The van der Waals surface area contributed by atoms with E-state index < -0.39 is 10.0 Å². The Balaban J connectivity index is 1.56. The molecule has 142 valence electrons. The zero-order valence-electron chi connectivity index (χ0n) is 14.6. The lowest BCUT2D eigenvalue weighted by molar-refractivity contribution is 0.0664. The quantitative estimate of drug-likeness (QED) is 0.699. The van der Waals surface area contributed by atoms with Crippen LogP contribution in [-0.2, 0) is 10.0 Å². The van der Waals surface area contributed by atoms with Crippen LogP contribution in [-0.4, -0.2) is 62.3 Å². The molecule has 1 saturated heterocycles. The Morgan fingerprint density at radius 2 is 1.96 bits per heavy atom. The number of benzene rings is 1. The van der Waals surface area contributed by atoms with E-state index in [1.807, 2.05) is 11.9 Å². The summed E-state index contributed by atoms with van der Waals surface area (Å²) >= 11 is 2.38. The number of piperazine rings is 1. The van der Waals surface area contributed by atoms with Gasteiger partial charge in [0.25, 0.3) is 15.9 Å². The van der Waals surface area contributed by atoms with Gasteiger partial charge >= 0.3 is 0 Å². The molecule has 0 spiro atoms. The molecule has 3 heterocycles. The summed E-state index contributed by atoms with van der Waals surface area (Å²) in [7, 11) is -1.58. The van der Waals surface area contributed by atoms with Crippen molar-refractivity contribution >= 4 is 54.0 Å². The number of carbonyl (C=O) groups excluding carboxylic acids is 1. The van der Waals surface area contributed by atoms with Gasteiger partial charge < -0.3 is 9.80 Å². The molecule has 4 rings (SSSR count). The van der Waals surface area contributed by atoms with E-state index in [0.29, 0.717) is 29.3 Å². The Morgan fingerprint density at radius 1 is 1.19 bits per heavy atom.